The summed E-state index contributed by atoms with van der Waals surface area (Å²) in [6.45, 7) is 4.63. The minimum absolute atomic E-state index is 0.138. The Morgan fingerprint density at radius 2 is 2.06 bits per heavy atom. The zero-order valence-electron chi connectivity index (χ0n) is 17.6. The number of nitrogens with zero attached hydrogens (tertiary/aromatic N) is 4. The summed E-state index contributed by atoms with van der Waals surface area (Å²) in [5.41, 5.74) is 0.351. The molecule has 3 rings (SSSR count). The van der Waals surface area contributed by atoms with E-state index in [0.717, 1.165) is 6.07 Å². The quantitative estimate of drug-likeness (QED) is 0.741. The fraction of sp³-hybridized carbons (Fsp3) is 0.429. The Morgan fingerprint density at radius 3 is 2.68 bits per heavy atom. The molecule has 1 aliphatic rings. The highest BCUT2D eigenvalue weighted by Gasteiger charge is 2.27. The van der Waals surface area contributed by atoms with Gasteiger partial charge >= 0.3 is 6.09 Å². The van der Waals surface area contributed by atoms with Crippen LogP contribution >= 0.6 is 0 Å². The van der Waals surface area contributed by atoms with Gasteiger partial charge in [-0.25, -0.2) is 14.2 Å². The van der Waals surface area contributed by atoms with Gasteiger partial charge in [0.2, 0.25) is 5.75 Å². The van der Waals surface area contributed by atoms with Gasteiger partial charge in [0.15, 0.2) is 5.82 Å². The fourth-order valence-corrected chi connectivity index (χ4v) is 3.12. The van der Waals surface area contributed by atoms with Crippen LogP contribution in [-0.2, 0) is 4.74 Å². The zero-order chi connectivity index (χ0) is 22.4. The number of aromatic nitrogens is 2. The molecule has 1 aromatic carbocycles. The summed E-state index contributed by atoms with van der Waals surface area (Å²) in [6, 6.07) is 5.96. The summed E-state index contributed by atoms with van der Waals surface area (Å²) in [5.74, 6) is 0.0852. The number of anilines is 2. The second-order valence-corrected chi connectivity index (χ2v) is 7.23. The molecule has 1 saturated heterocycles. The van der Waals surface area contributed by atoms with E-state index in [9.17, 15) is 9.18 Å². The third kappa shape index (κ3) is 5.51. The minimum atomic E-state index is -0.595. The van der Waals surface area contributed by atoms with E-state index in [2.05, 4.69) is 15.3 Å². The molecule has 0 unspecified atom stereocenters. The number of rotatable bonds is 6. The fourth-order valence-electron chi connectivity index (χ4n) is 3.12. The number of nitrogens with one attached hydrogen (secondary N) is 1. The molecule has 0 spiro atoms. The van der Waals surface area contributed by atoms with Crippen LogP contribution in [0.1, 0.15) is 32.3 Å². The Labute approximate surface area is 179 Å². The van der Waals surface area contributed by atoms with Gasteiger partial charge in [0.25, 0.3) is 5.88 Å². The van der Waals surface area contributed by atoms with Crippen LogP contribution in [0.4, 0.5) is 20.7 Å². The lowest BCUT2D eigenvalue weighted by Gasteiger charge is -2.31. The molecule has 2 heterocycles. The van der Waals surface area contributed by atoms with Crippen molar-refractivity contribution < 1.29 is 23.4 Å². The van der Waals surface area contributed by atoms with E-state index in [4.69, 9.17) is 19.5 Å². The molecule has 0 saturated carbocycles. The number of hydrogen-bond donors (Lipinski definition) is 1. The van der Waals surface area contributed by atoms with Gasteiger partial charge in [0.1, 0.15) is 18.2 Å². The number of nitriles is 1. The monoisotopic (exact) mass is 429 g/mol. The van der Waals surface area contributed by atoms with Gasteiger partial charge in [0, 0.05) is 25.9 Å². The molecule has 1 aliphatic heterocycles. The van der Waals surface area contributed by atoms with Crippen molar-refractivity contribution in [2.45, 2.75) is 38.9 Å². The van der Waals surface area contributed by atoms with Crippen LogP contribution < -0.4 is 14.8 Å². The van der Waals surface area contributed by atoms with E-state index in [1.54, 1.807) is 4.90 Å². The third-order valence-electron chi connectivity index (χ3n) is 4.64. The Bertz CT molecular complexity index is 971. The van der Waals surface area contributed by atoms with Crippen molar-refractivity contribution in [1.29, 1.82) is 5.26 Å². The SMILES string of the molecule is COc1c(Nc2ccc(C#N)cc2F)ncnc1OC1CCN(C(=O)OC(C)C)CC1. The van der Waals surface area contributed by atoms with Crippen LogP contribution in [0.15, 0.2) is 24.5 Å². The maximum atomic E-state index is 14.2. The molecular formula is C21H24FN5O4. The number of hydrogen-bond acceptors (Lipinski definition) is 8. The summed E-state index contributed by atoms with van der Waals surface area (Å²) in [5, 5.41) is 11.7. The van der Waals surface area contributed by atoms with Crippen LogP contribution in [0.3, 0.4) is 0 Å². The molecule has 2 aromatic rings. The van der Waals surface area contributed by atoms with Crippen molar-refractivity contribution in [1.82, 2.24) is 14.9 Å². The van der Waals surface area contributed by atoms with Crippen LogP contribution in [-0.4, -0.2) is 53.4 Å². The van der Waals surface area contributed by atoms with E-state index < -0.39 is 5.82 Å². The average molecular weight is 429 g/mol. The molecule has 31 heavy (non-hydrogen) atoms. The largest absolute Gasteiger partial charge is 0.489 e. The molecule has 9 nitrogen and oxygen atoms in total. The van der Waals surface area contributed by atoms with Gasteiger partial charge in [0.05, 0.1) is 30.5 Å². The van der Waals surface area contributed by atoms with Crippen LogP contribution in [0.25, 0.3) is 0 Å². The van der Waals surface area contributed by atoms with Crippen molar-refractivity contribution in [2.24, 2.45) is 0 Å². The van der Waals surface area contributed by atoms with Gasteiger partial charge in [-0.05, 0) is 32.0 Å². The average Bonchev–Trinajstić information content (AvgIpc) is 2.75. The maximum Gasteiger partial charge on any atom is 0.410 e. The first-order chi connectivity index (χ1) is 14.9. The number of methoxy groups -OCH3 is 1. The zero-order valence-corrected chi connectivity index (χ0v) is 17.6. The molecule has 0 radical (unpaired) electrons. The molecule has 0 aliphatic carbocycles. The smallest absolute Gasteiger partial charge is 0.410 e. The van der Waals surface area contributed by atoms with Gasteiger partial charge in [-0.2, -0.15) is 10.2 Å². The number of benzene rings is 1. The standard InChI is InChI=1S/C21H24FN5O4/c1-13(2)30-21(28)27-8-6-15(7-9-27)31-20-18(29-3)19(24-12-25-20)26-17-5-4-14(11-23)10-16(17)22/h4-5,10,12-13,15H,6-9H2,1-3H3,(H,24,25,26). The number of piperidine rings is 1. The first-order valence-corrected chi connectivity index (χ1v) is 9.89. The third-order valence-corrected chi connectivity index (χ3v) is 4.64. The maximum absolute atomic E-state index is 14.2. The van der Waals surface area contributed by atoms with Crippen molar-refractivity contribution in [2.75, 3.05) is 25.5 Å². The van der Waals surface area contributed by atoms with Crippen LogP contribution in [0, 0.1) is 17.1 Å². The molecule has 1 fully saturated rings. The van der Waals surface area contributed by atoms with E-state index in [1.807, 2.05) is 19.9 Å². The number of likely N-dealkylation sites (tertiary alicyclic amines) is 1. The van der Waals surface area contributed by atoms with Gasteiger partial charge < -0.3 is 24.4 Å². The molecule has 0 bridgehead atoms. The number of halogens is 1. The number of amides is 1. The lowest BCUT2D eigenvalue weighted by atomic mass is 10.1. The molecule has 0 atom stereocenters. The van der Waals surface area contributed by atoms with Crippen molar-refractivity contribution >= 4 is 17.6 Å². The minimum Gasteiger partial charge on any atom is -0.489 e. The summed E-state index contributed by atoms with van der Waals surface area (Å²) >= 11 is 0. The topological polar surface area (TPSA) is 110 Å². The first-order valence-electron chi connectivity index (χ1n) is 9.89. The van der Waals surface area contributed by atoms with Crippen molar-refractivity contribution in [3.8, 4) is 17.7 Å². The Morgan fingerprint density at radius 1 is 1.32 bits per heavy atom. The summed E-state index contributed by atoms with van der Waals surface area (Å²) < 4.78 is 30.9. The second-order valence-electron chi connectivity index (χ2n) is 7.23. The van der Waals surface area contributed by atoms with E-state index in [-0.39, 0.29) is 47.0 Å². The highest BCUT2D eigenvalue weighted by molar-refractivity contribution is 5.68. The summed E-state index contributed by atoms with van der Waals surface area (Å²) in [6.07, 6.45) is 1.83. The Balaban J connectivity index is 1.68. The highest BCUT2D eigenvalue weighted by Crippen LogP contribution is 2.35. The molecular weight excluding hydrogens is 405 g/mol. The van der Waals surface area contributed by atoms with Gasteiger partial charge in [-0.3, -0.25) is 0 Å². The Kier molecular flexibility index (Phi) is 7.07. The van der Waals surface area contributed by atoms with Crippen LogP contribution in [0.2, 0.25) is 0 Å². The molecule has 1 aromatic heterocycles. The van der Waals surface area contributed by atoms with E-state index in [1.165, 1.54) is 25.6 Å². The molecule has 164 valence electrons. The normalized spacial score (nSPS) is 14.1. The second kappa shape index (κ2) is 9.93. The van der Waals surface area contributed by atoms with Crippen molar-refractivity contribution in [3.05, 3.63) is 35.9 Å². The summed E-state index contributed by atoms with van der Waals surface area (Å²) in [4.78, 5) is 21.9. The highest BCUT2D eigenvalue weighted by atomic mass is 19.1. The molecule has 10 heteroatoms. The number of ether oxygens (including phenoxy) is 3. The summed E-state index contributed by atoms with van der Waals surface area (Å²) in [7, 11) is 1.44. The predicted octanol–water partition coefficient (Wildman–Crippen LogP) is 3.63. The number of carbonyl (C=O) groups is 1. The van der Waals surface area contributed by atoms with Crippen LogP contribution in [0.5, 0.6) is 11.6 Å². The van der Waals surface area contributed by atoms with Gasteiger partial charge in [-0.1, -0.05) is 0 Å². The lowest BCUT2D eigenvalue weighted by Crippen LogP contribution is -2.42. The Hall–Kier alpha value is -3.61. The van der Waals surface area contributed by atoms with E-state index >= 15 is 0 Å². The first kappa shape index (κ1) is 22.1. The molecule has 1 N–H and O–H groups in total. The number of carbonyl (C=O) groups excluding carboxylic acids is 1. The lowest BCUT2D eigenvalue weighted by molar-refractivity contribution is 0.0500. The predicted molar refractivity (Wildman–Crippen MR) is 110 cm³/mol. The van der Waals surface area contributed by atoms with E-state index in [0.29, 0.717) is 25.9 Å². The van der Waals surface area contributed by atoms with Gasteiger partial charge in [-0.15, -0.1) is 0 Å². The van der Waals surface area contributed by atoms with Crippen molar-refractivity contribution in [3.63, 3.8) is 0 Å². The molecule has 1 amide bonds.